The minimum absolute atomic E-state index is 0.529. The molecule has 0 atom stereocenters. The number of nitrogens with zero attached hydrogens (tertiary/aromatic N) is 5. The third-order valence-electron chi connectivity index (χ3n) is 5.32. The Morgan fingerprint density at radius 3 is 2.89 bits per heavy atom. The zero-order valence-electron chi connectivity index (χ0n) is 15.4. The summed E-state index contributed by atoms with van der Waals surface area (Å²) >= 11 is 1.73. The van der Waals surface area contributed by atoms with E-state index < -0.39 is 0 Å². The first-order valence-electron chi connectivity index (χ1n) is 9.65. The summed E-state index contributed by atoms with van der Waals surface area (Å²) in [6, 6.07) is 10.9. The highest BCUT2D eigenvalue weighted by Crippen LogP contribution is 2.30. The molecule has 4 aromatic rings. The van der Waals surface area contributed by atoms with Gasteiger partial charge in [0.05, 0.1) is 28.7 Å². The molecule has 140 valence electrons. The number of nitrogens with one attached hydrogen (secondary N) is 1. The highest BCUT2D eigenvalue weighted by atomic mass is 32.1. The van der Waals surface area contributed by atoms with Gasteiger partial charge in [-0.3, -0.25) is 0 Å². The van der Waals surface area contributed by atoms with Crippen molar-refractivity contribution >= 4 is 37.8 Å². The molecule has 0 aliphatic heterocycles. The van der Waals surface area contributed by atoms with Gasteiger partial charge < -0.3 is 9.88 Å². The molecule has 5 rings (SSSR count). The monoisotopic (exact) mass is 388 g/mol. The predicted molar refractivity (Wildman–Crippen MR) is 111 cm³/mol. The van der Waals surface area contributed by atoms with Crippen LogP contribution in [0.3, 0.4) is 0 Å². The van der Waals surface area contributed by atoms with Gasteiger partial charge in [-0.25, -0.2) is 15.0 Å². The minimum Gasteiger partial charge on any atom is -0.359 e. The normalized spacial score (nSPS) is 15.1. The number of aromatic nitrogens is 4. The van der Waals surface area contributed by atoms with E-state index in [0.29, 0.717) is 18.2 Å². The fourth-order valence-corrected chi connectivity index (χ4v) is 4.88. The summed E-state index contributed by atoms with van der Waals surface area (Å²) in [5.41, 5.74) is 4.30. The van der Waals surface area contributed by atoms with Gasteiger partial charge >= 0.3 is 0 Å². The van der Waals surface area contributed by atoms with Gasteiger partial charge in [-0.05, 0) is 36.6 Å². The van der Waals surface area contributed by atoms with E-state index in [1.165, 1.54) is 42.4 Å². The van der Waals surface area contributed by atoms with E-state index in [1.807, 2.05) is 4.57 Å². The lowest BCUT2D eigenvalue weighted by Gasteiger charge is -2.22. The number of hydrogen-bond acceptors (Lipinski definition) is 6. The first-order chi connectivity index (χ1) is 13.8. The molecule has 3 heterocycles. The van der Waals surface area contributed by atoms with Gasteiger partial charge in [0.2, 0.25) is 0 Å². The maximum absolute atomic E-state index is 9.01. The number of hydrogen-bond donors (Lipinski definition) is 1. The van der Waals surface area contributed by atoms with Crippen molar-refractivity contribution in [2.45, 2.75) is 44.7 Å². The lowest BCUT2D eigenvalue weighted by atomic mass is 9.96. The molecule has 1 saturated carbocycles. The Labute approximate surface area is 166 Å². The maximum Gasteiger partial charge on any atom is 0.184 e. The standard InChI is InChI=1S/C21H20N6S/c22-10-15-8-18-20(23-11-15)27(13-24-18)12-14-6-7-17-19(9-14)28-21(26-17)25-16-4-2-1-3-5-16/h6-9,11,13,16H,1-5,12H2,(H,25,26). The van der Waals surface area contributed by atoms with Crippen LogP contribution in [0.25, 0.3) is 21.4 Å². The van der Waals surface area contributed by atoms with Crippen LogP contribution in [0.15, 0.2) is 36.8 Å². The number of imidazole rings is 1. The highest BCUT2D eigenvalue weighted by Gasteiger charge is 2.15. The Kier molecular flexibility index (Phi) is 4.41. The number of benzene rings is 1. The van der Waals surface area contributed by atoms with E-state index in [0.717, 1.165) is 21.8 Å². The number of anilines is 1. The topological polar surface area (TPSA) is 79.4 Å². The molecule has 0 spiro atoms. The molecule has 28 heavy (non-hydrogen) atoms. The number of pyridine rings is 1. The molecule has 3 aromatic heterocycles. The van der Waals surface area contributed by atoms with Gasteiger partial charge in [-0.1, -0.05) is 36.7 Å². The van der Waals surface area contributed by atoms with Crippen molar-refractivity contribution in [1.82, 2.24) is 19.5 Å². The second-order valence-corrected chi connectivity index (χ2v) is 8.38. The van der Waals surface area contributed by atoms with E-state index in [9.17, 15) is 0 Å². The second-order valence-electron chi connectivity index (χ2n) is 7.35. The summed E-state index contributed by atoms with van der Waals surface area (Å²) in [6.07, 6.45) is 9.86. The molecule has 1 fully saturated rings. The van der Waals surface area contributed by atoms with Crippen molar-refractivity contribution in [2.24, 2.45) is 0 Å². The van der Waals surface area contributed by atoms with Crippen LogP contribution < -0.4 is 5.32 Å². The Morgan fingerprint density at radius 1 is 1.14 bits per heavy atom. The first kappa shape index (κ1) is 17.1. The average Bonchev–Trinajstić information content (AvgIpc) is 3.31. The number of thiazole rings is 1. The Hall–Kier alpha value is -2.98. The van der Waals surface area contributed by atoms with Crippen LogP contribution in [-0.4, -0.2) is 25.6 Å². The van der Waals surface area contributed by atoms with Crippen LogP contribution in [-0.2, 0) is 6.54 Å². The molecule has 1 aliphatic rings. The van der Waals surface area contributed by atoms with Crippen molar-refractivity contribution in [3.8, 4) is 6.07 Å². The molecule has 1 aromatic carbocycles. The van der Waals surface area contributed by atoms with Crippen LogP contribution in [0, 0.1) is 11.3 Å². The Morgan fingerprint density at radius 2 is 2.04 bits per heavy atom. The van der Waals surface area contributed by atoms with Crippen LogP contribution in [0.4, 0.5) is 5.13 Å². The molecule has 1 aliphatic carbocycles. The molecule has 0 radical (unpaired) electrons. The van der Waals surface area contributed by atoms with Crippen LogP contribution in [0.1, 0.15) is 43.2 Å². The molecule has 1 N–H and O–H groups in total. The summed E-state index contributed by atoms with van der Waals surface area (Å²) < 4.78 is 3.21. The quantitative estimate of drug-likeness (QED) is 0.548. The van der Waals surface area contributed by atoms with Crippen LogP contribution in [0.2, 0.25) is 0 Å². The van der Waals surface area contributed by atoms with Gasteiger partial charge in [-0.2, -0.15) is 5.26 Å². The van der Waals surface area contributed by atoms with E-state index in [1.54, 1.807) is 29.9 Å². The van der Waals surface area contributed by atoms with Crippen molar-refractivity contribution in [3.05, 3.63) is 47.9 Å². The first-order valence-corrected chi connectivity index (χ1v) is 10.5. The van der Waals surface area contributed by atoms with E-state index in [-0.39, 0.29) is 0 Å². The smallest absolute Gasteiger partial charge is 0.184 e. The predicted octanol–water partition coefficient (Wildman–Crippen LogP) is 4.71. The zero-order valence-corrected chi connectivity index (χ0v) is 16.2. The summed E-state index contributed by atoms with van der Waals surface area (Å²) in [5, 5.41) is 13.7. The molecular formula is C21H20N6S. The molecule has 7 heteroatoms. The van der Waals surface area contributed by atoms with E-state index >= 15 is 0 Å². The second kappa shape index (κ2) is 7.21. The summed E-state index contributed by atoms with van der Waals surface area (Å²) in [6.45, 7) is 0.689. The summed E-state index contributed by atoms with van der Waals surface area (Å²) in [5.74, 6) is 0. The van der Waals surface area contributed by atoms with Crippen molar-refractivity contribution in [1.29, 1.82) is 5.26 Å². The zero-order chi connectivity index (χ0) is 18.9. The van der Waals surface area contributed by atoms with E-state index in [2.05, 4.69) is 39.6 Å². The van der Waals surface area contributed by atoms with Gasteiger partial charge in [-0.15, -0.1) is 0 Å². The van der Waals surface area contributed by atoms with Crippen LogP contribution in [0.5, 0.6) is 0 Å². The van der Waals surface area contributed by atoms with Gasteiger partial charge in [0, 0.05) is 12.2 Å². The number of fused-ring (bicyclic) bond motifs is 2. The lowest BCUT2D eigenvalue weighted by molar-refractivity contribution is 0.462. The lowest BCUT2D eigenvalue weighted by Crippen LogP contribution is -2.21. The molecule has 0 saturated heterocycles. The van der Waals surface area contributed by atoms with Gasteiger partial charge in [0.15, 0.2) is 10.8 Å². The molecule has 6 nitrogen and oxygen atoms in total. The molecule has 0 unspecified atom stereocenters. The van der Waals surface area contributed by atoms with E-state index in [4.69, 9.17) is 10.2 Å². The Bertz CT molecular complexity index is 1180. The third-order valence-corrected chi connectivity index (χ3v) is 6.27. The van der Waals surface area contributed by atoms with Crippen LogP contribution >= 0.6 is 11.3 Å². The van der Waals surface area contributed by atoms with Gasteiger partial charge in [0.1, 0.15) is 11.6 Å². The molecule has 0 bridgehead atoms. The fourth-order valence-electron chi connectivity index (χ4n) is 3.87. The van der Waals surface area contributed by atoms with Crippen molar-refractivity contribution < 1.29 is 0 Å². The fraction of sp³-hybridized carbons (Fsp3) is 0.333. The molecule has 0 amide bonds. The largest absolute Gasteiger partial charge is 0.359 e. The van der Waals surface area contributed by atoms with Gasteiger partial charge in [0.25, 0.3) is 0 Å². The van der Waals surface area contributed by atoms with Crippen molar-refractivity contribution in [2.75, 3.05) is 5.32 Å². The summed E-state index contributed by atoms with van der Waals surface area (Å²) in [4.78, 5) is 13.5. The highest BCUT2D eigenvalue weighted by molar-refractivity contribution is 7.22. The average molecular weight is 389 g/mol. The van der Waals surface area contributed by atoms with Crippen molar-refractivity contribution in [3.63, 3.8) is 0 Å². The number of nitriles is 1. The summed E-state index contributed by atoms with van der Waals surface area (Å²) in [7, 11) is 0. The minimum atomic E-state index is 0.529. The molecular weight excluding hydrogens is 368 g/mol. The SMILES string of the molecule is N#Cc1cnc2c(c1)ncn2Cc1ccc2nc(NC3CCCCC3)sc2c1. The maximum atomic E-state index is 9.01. The Balaban J connectivity index is 1.38. The third kappa shape index (κ3) is 3.32. The number of rotatable bonds is 4.